The highest BCUT2D eigenvalue weighted by atomic mass is 35.5. The molecule has 0 radical (unpaired) electrons. The van der Waals surface area contributed by atoms with Crippen LogP contribution in [0.4, 0.5) is 5.69 Å². The largest absolute Gasteiger partial charge is 0.423 e. The van der Waals surface area contributed by atoms with Gasteiger partial charge in [-0.05, 0) is 59.9 Å². The number of carbonyl (C=O) groups is 1. The van der Waals surface area contributed by atoms with Gasteiger partial charge in [-0.2, -0.15) is 0 Å². The number of esters is 1. The number of anilines is 1. The first kappa shape index (κ1) is 19.2. The van der Waals surface area contributed by atoms with Gasteiger partial charge in [0.25, 0.3) is 0 Å². The molecule has 1 heterocycles. The third-order valence-corrected chi connectivity index (χ3v) is 6.36. The zero-order valence-corrected chi connectivity index (χ0v) is 17.5. The van der Waals surface area contributed by atoms with Gasteiger partial charge in [0.2, 0.25) is 0 Å². The van der Waals surface area contributed by atoms with E-state index in [1.165, 1.54) is 0 Å². The molecule has 3 aromatic rings. The minimum Gasteiger partial charge on any atom is -0.423 e. The minimum absolute atomic E-state index is 0.107. The molecule has 3 aromatic carbocycles. The summed E-state index contributed by atoms with van der Waals surface area (Å²) in [6.45, 7) is 0. The Bertz CT molecular complexity index is 1130. The fraction of sp³-hybridized carbons (Fsp3) is 0.160. The van der Waals surface area contributed by atoms with Crippen molar-refractivity contribution in [1.82, 2.24) is 0 Å². The topological polar surface area (TPSA) is 38.3 Å². The highest BCUT2D eigenvalue weighted by molar-refractivity contribution is 6.36. The SMILES string of the molecule is O=C(Oc1ccc([C@@H]2Nc3c(Cl)cc(Cl)cc3[C@@H]3C=CC[C@@H]32)cc1)c1ccccc1. The van der Waals surface area contributed by atoms with Crippen molar-refractivity contribution in [3.63, 3.8) is 0 Å². The average molecular weight is 436 g/mol. The molecule has 0 aromatic heterocycles. The van der Waals surface area contributed by atoms with Crippen molar-refractivity contribution in [2.24, 2.45) is 5.92 Å². The number of allylic oxidation sites excluding steroid dienone is 2. The maximum absolute atomic E-state index is 12.3. The number of rotatable bonds is 3. The molecule has 0 saturated carbocycles. The van der Waals surface area contributed by atoms with E-state index >= 15 is 0 Å². The van der Waals surface area contributed by atoms with E-state index in [1.54, 1.807) is 18.2 Å². The van der Waals surface area contributed by atoms with Crippen LogP contribution >= 0.6 is 23.2 Å². The lowest BCUT2D eigenvalue weighted by Gasteiger charge is -2.38. The van der Waals surface area contributed by atoms with Crippen molar-refractivity contribution in [2.45, 2.75) is 18.4 Å². The number of benzene rings is 3. The molecule has 3 nitrogen and oxygen atoms in total. The van der Waals surface area contributed by atoms with E-state index in [9.17, 15) is 4.79 Å². The predicted octanol–water partition coefficient (Wildman–Crippen LogP) is 7.04. The molecule has 5 heteroatoms. The van der Waals surface area contributed by atoms with E-state index in [4.69, 9.17) is 27.9 Å². The Kier molecular flexibility index (Phi) is 5.01. The number of hydrogen-bond acceptors (Lipinski definition) is 3. The second-order valence-corrected chi connectivity index (χ2v) is 8.50. The molecule has 0 spiro atoms. The van der Waals surface area contributed by atoms with Crippen molar-refractivity contribution >= 4 is 34.9 Å². The number of fused-ring (bicyclic) bond motifs is 3. The van der Waals surface area contributed by atoms with Gasteiger partial charge in [0.05, 0.1) is 22.3 Å². The maximum atomic E-state index is 12.3. The van der Waals surface area contributed by atoms with Crippen LogP contribution in [0.3, 0.4) is 0 Å². The zero-order valence-electron chi connectivity index (χ0n) is 16.0. The van der Waals surface area contributed by atoms with Gasteiger partial charge < -0.3 is 10.1 Å². The van der Waals surface area contributed by atoms with Crippen LogP contribution < -0.4 is 10.1 Å². The third-order valence-electron chi connectivity index (χ3n) is 5.84. The summed E-state index contributed by atoms with van der Waals surface area (Å²) in [5.74, 6) is 0.814. The number of hydrogen-bond donors (Lipinski definition) is 1. The van der Waals surface area contributed by atoms with Crippen molar-refractivity contribution in [2.75, 3.05) is 5.32 Å². The summed E-state index contributed by atoms with van der Waals surface area (Å²) in [4.78, 5) is 12.3. The molecule has 1 N–H and O–H groups in total. The molecule has 0 fully saturated rings. The minimum atomic E-state index is -0.364. The molecule has 3 atom stereocenters. The van der Waals surface area contributed by atoms with Crippen LogP contribution in [0.15, 0.2) is 78.9 Å². The number of ether oxygens (including phenoxy) is 1. The molecule has 2 aliphatic rings. The summed E-state index contributed by atoms with van der Waals surface area (Å²) >= 11 is 12.8. The van der Waals surface area contributed by atoms with E-state index in [1.807, 2.05) is 48.5 Å². The first-order valence-electron chi connectivity index (χ1n) is 9.89. The van der Waals surface area contributed by atoms with E-state index in [2.05, 4.69) is 17.5 Å². The molecule has 150 valence electrons. The van der Waals surface area contributed by atoms with Crippen molar-refractivity contribution in [3.8, 4) is 5.75 Å². The standard InChI is InChI=1S/C25H19Cl2NO2/c26-17-13-21-19-7-4-8-20(19)23(28-24(21)22(27)14-17)15-9-11-18(12-10-15)30-25(29)16-5-2-1-3-6-16/h1-7,9-14,19-20,23,28H,8H2/t19-,20+,23+/m1/s1. The second-order valence-electron chi connectivity index (χ2n) is 7.65. The summed E-state index contributed by atoms with van der Waals surface area (Å²) in [5, 5.41) is 4.92. The fourth-order valence-electron chi connectivity index (χ4n) is 4.43. The Hall–Kier alpha value is -2.75. The summed E-state index contributed by atoms with van der Waals surface area (Å²) in [5.41, 5.74) is 3.75. The Labute approximate surface area is 185 Å². The monoisotopic (exact) mass is 435 g/mol. The lowest BCUT2D eigenvalue weighted by molar-refractivity contribution is 0.0734. The van der Waals surface area contributed by atoms with Gasteiger partial charge in [-0.3, -0.25) is 0 Å². The van der Waals surface area contributed by atoms with Gasteiger partial charge in [0.15, 0.2) is 0 Å². The number of nitrogens with one attached hydrogen (secondary N) is 1. The van der Waals surface area contributed by atoms with Gasteiger partial charge in [0.1, 0.15) is 5.75 Å². The van der Waals surface area contributed by atoms with Gasteiger partial charge in [0, 0.05) is 10.9 Å². The smallest absolute Gasteiger partial charge is 0.343 e. The molecule has 30 heavy (non-hydrogen) atoms. The summed E-state index contributed by atoms with van der Waals surface area (Å²) in [6, 6.07) is 20.6. The Balaban J connectivity index is 1.40. The maximum Gasteiger partial charge on any atom is 0.343 e. The molecular formula is C25H19Cl2NO2. The highest BCUT2D eigenvalue weighted by Crippen LogP contribution is 2.52. The van der Waals surface area contributed by atoms with E-state index in [0.29, 0.717) is 27.3 Å². The highest BCUT2D eigenvalue weighted by Gasteiger charge is 2.38. The van der Waals surface area contributed by atoms with Gasteiger partial charge in [-0.25, -0.2) is 4.79 Å². The lowest BCUT2D eigenvalue weighted by atomic mass is 9.77. The van der Waals surface area contributed by atoms with Crippen LogP contribution in [0.5, 0.6) is 5.75 Å². The Morgan fingerprint density at radius 3 is 2.53 bits per heavy atom. The van der Waals surface area contributed by atoms with Crippen LogP contribution in [-0.2, 0) is 0 Å². The molecular weight excluding hydrogens is 417 g/mol. The molecule has 0 unspecified atom stereocenters. The molecule has 0 bridgehead atoms. The van der Waals surface area contributed by atoms with Crippen LogP contribution in [0.1, 0.15) is 39.9 Å². The molecule has 1 aliphatic heterocycles. The normalized spacial score (nSPS) is 21.5. The quantitative estimate of drug-likeness (QED) is 0.272. The Morgan fingerprint density at radius 1 is 1.00 bits per heavy atom. The first-order valence-corrected chi connectivity index (χ1v) is 10.6. The van der Waals surface area contributed by atoms with Crippen LogP contribution in [0, 0.1) is 5.92 Å². The van der Waals surface area contributed by atoms with E-state index in [-0.39, 0.29) is 17.9 Å². The summed E-state index contributed by atoms with van der Waals surface area (Å²) in [7, 11) is 0. The van der Waals surface area contributed by atoms with Crippen LogP contribution in [0.2, 0.25) is 10.0 Å². The van der Waals surface area contributed by atoms with Crippen LogP contribution in [0.25, 0.3) is 0 Å². The van der Waals surface area contributed by atoms with Crippen molar-refractivity contribution < 1.29 is 9.53 Å². The van der Waals surface area contributed by atoms with Gasteiger partial charge >= 0.3 is 5.97 Å². The van der Waals surface area contributed by atoms with Crippen LogP contribution in [-0.4, -0.2) is 5.97 Å². The molecule has 0 amide bonds. The predicted molar refractivity (Wildman–Crippen MR) is 121 cm³/mol. The molecule has 5 rings (SSSR count). The average Bonchev–Trinajstić information content (AvgIpc) is 3.25. The fourth-order valence-corrected chi connectivity index (χ4v) is 5.00. The summed E-state index contributed by atoms with van der Waals surface area (Å²) < 4.78 is 5.51. The lowest BCUT2D eigenvalue weighted by Crippen LogP contribution is -2.29. The summed E-state index contributed by atoms with van der Waals surface area (Å²) in [6.07, 6.45) is 5.46. The van der Waals surface area contributed by atoms with Crippen molar-refractivity contribution in [3.05, 3.63) is 106 Å². The van der Waals surface area contributed by atoms with Crippen molar-refractivity contribution in [1.29, 1.82) is 0 Å². The third kappa shape index (κ3) is 3.49. The Morgan fingerprint density at radius 2 is 1.77 bits per heavy atom. The first-order chi connectivity index (χ1) is 14.6. The van der Waals surface area contributed by atoms with Gasteiger partial charge in [-0.15, -0.1) is 0 Å². The number of carbonyl (C=O) groups excluding carboxylic acids is 1. The van der Waals surface area contributed by atoms with E-state index in [0.717, 1.165) is 23.2 Å². The van der Waals surface area contributed by atoms with E-state index < -0.39 is 0 Å². The molecule has 0 saturated heterocycles. The number of halogens is 2. The molecule has 1 aliphatic carbocycles. The second kappa shape index (κ2) is 7.82. The zero-order chi connectivity index (χ0) is 20.7. The van der Waals surface area contributed by atoms with Gasteiger partial charge in [-0.1, -0.05) is 65.7 Å².